The number of aliphatic carboxylic acids is 1. The van der Waals surface area contributed by atoms with Crippen LogP contribution in [0.1, 0.15) is 26.7 Å². The first kappa shape index (κ1) is 11.9. The quantitative estimate of drug-likeness (QED) is 0.603. The van der Waals surface area contributed by atoms with E-state index in [1.165, 1.54) is 6.92 Å². The van der Waals surface area contributed by atoms with Gasteiger partial charge < -0.3 is 14.9 Å². The molecule has 5 heteroatoms. The molecule has 2 atom stereocenters. The molecule has 0 radical (unpaired) electrons. The summed E-state index contributed by atoms with van der Waals surface area (Å²) >= 11 is 0. The number of carboxylic acid groups (broad SMARTS) is 1. The Morgan fingerprint density at radius 1 is 1.46 bits per heavy atom. The minimum atomic E-state index is -1.17. The van der Waals surface area contributed by atoms with Crippen LogP contribution in [0.3, 0.4) is 0 Å². The van der Waals surface area contributed by atoms with Crippen molar-refractivity contribution in [3.05, 3.63) is 0 Å². The van der Waals surface area contributed by atoms with Crippen LogP contribution in [0.4, 0.5) is 0 Å². The summed E-state index contributed by atoms with van der Waals surface area (Å²) in [5, 5.41) is 17.3. The van der Waals surface area contributed by atoms with E-state index < -0.39 is 24.1 Å². The molecule has 0 aliphatic carbocycles. The highest BCUT2D eigenvalue weighted by Crippen LogP contribution is 2.02. The number of esters is 1. The van der Waals surface area contributed by atoms with Crippen LogP contribution in [0.15, 0.2) is 0 Å². The number of hydrogen-bond acceptors (Lipinski definition) is 4. The van der Waals surface area contributed by atoms with Crippen LogP contribution in [-0.2, 0) is 14.3 Å². The Labute approximate surface area is 76.3 Å². The second-order valence-electron chi connectivity index (χ2n) is 2.78. The Hall–Kier alpha value is -1.10. The third-order valence-electron chi connectivity index (χ3n) is 1.38. The maximum atomic E-state index is 10.9. The molecule has 13 heavy (non-hydrogen) atoms. The zero-order chi connectivity index (χ0) is 10.4. The van der Waals surface area contributed by atoms with Crippen molar-refractivity contribution in [2.75, 3.05) is 0 Å². The van der Waals surface area contributed by atoms with Gasteiger partial charge >= 0.3 is 11.9 Å². The van der Waals surface area contributed by atoms with E-state index in [-0.39, 0.29) is 12.8 Å². The SMILES string of the molecule is CCC(OC(=O)CC(C)O)C(=O)O. The fraction of sp³-hybridized carbons (Fsp3) is 0.750. The van der Waals surface area contributed by atoms with Crippen molar-refractivity contribution >= 4 is 11.9 Å². The lowest BCUT2D eigenvalue weighted by Gasteiger charge is -2.11. The average Bonchev–Trinajstić information content (AvgIpc) is 1.98. The van der Waals surface area contributed by atoms with Crippen LogP contribution in [0.25, 0.3) is 0 Å². The second kappa shape index (κ2) is 5.53. The molecule has 0 bridgehead atoms. The number of carbonyl (C=O) groups excluding carboxylic acids is 1. The smallest absolute Gasteiger partial charge is 0.345 e. The molecular weight excluding hydrogens is 176 g/mol. The molecule has 0 aromatic carbocycles. The Morgan fingerprint density at radius 3 is 2.31 bits per heavy atom. The third kappa shape index (κ3) is 5.19. The van der Waals surface area contributed by atoms with Gasteiger partial charge in [-0.3, -0.25) is 4.79 Å². The van der Waals surface area contributed by atoms with Crippen molar-refractivity contribution in [1.29, 1.82) is 0 Å². The van der Waals surface area contributed by atoms with Crippen molar-refractivity contribution < 1.29 is 24.5 Å². The van der Waals surface area contributed by atoms with Gasteiger partial charge in [0.15, 0.2) is 6.10 Å². The van der Waals surface area contributed by atoms with Crippen LogP contribution in [0, 0.1) is 0 Å². The maximum Gasteiger partial charge on any atom is 0.345 e. The summed E-state index contributed by atoms with van der Waals surface area (Å²) in [6.45, 7) is 3.04. The summed E-state index contributed by atoms with van der Waals surface area (Å²) in [6, 6.07) is 0. The van der Waals surface area contributed by atoms with E-state index in [1.54, 1.807) is 6.92 Å². The number of rotatable bonds is 5. The molecule has 0 aromatic heterocycles. The van der Waals surface area contributed by atoms with Crippen LogP contribution in [-0.4, -0.2) is 34.4 Å². The first-order valence-corrected chi connectivity index (χ1v) is 4.07. The van der Waals surface area contributed by atoms with Gasteiger partial charge in [-0.25, -0.2) is 4.79 Å². The second-order valence-corrected chi connectivity index (χ2v) is 2.78. The lowest BCUT2D eigenvalue weighted by molar-refractivity contribution is -0.165. The monoisotopic (exact) mass is 190 g/mol. The minimum absolute atomic E-state index is 0.177. The zero-order valence-electron chi connectivity index (χ0n) is 7.69. The molecular formula is C8H14O5. The molecule has 2 unspecified atom stereocenters. The van der Waals surface area contributed by atoms with Gasteiger partial charge in [0.1, 0.15) is 0 Å². The molecule has 2 N–H and O–H groups in total. The predicted molar refractivity (Wildman–Crippen MR) is 44.1 cm³/mol. The van der Waals surface area contributed by atoms with E-state index >= 15 is 0 Å². The van der Waals surface area contributed by atoms with Crippen LogP contribution < -0.4 is 0 Å². The minimum Gasteiger partial charge on any atom is -0.479 e. The summed E-state index contributed by atoms with van der Waals surface area (Å²) in [6.07, 6.45) is -1.87. The largest absolute Gasteiger partial charge is 0.479 e. The van der Waals surface area contributed by atoms with Crippen molar-refractivity contribution in [1.82, 2.24) is 0 Å². The molecule has 0 saturated heterocycles. The van der Waals surface area contributed by atoms with E-state index in [4.69, 9.17) is 10.2 Å². The highest BCUT2D eigenvalue weighted by atomic mass is 16.6. The Bertz CT molecular complexity index is 187. The molecule has 0 spiro atoms. The highest BCUT2D eigenvalue weighted by Gasteiger charge is 2.20. The van der Waals surface area contributed by atoms with Gasteiger partial charge in [-0.2, -0.15) is 0 Å². The molecule has 0 rings (SSSR count). The molecule has 0 aliphatic rings. The summed E-state index contributed by atoms with van der Waals surface area (Å²) < 4.78 is 4.57. The van der Waals surface area contributed by atoms with Gasteiger partial charge in [0.2, 0.25) is 0 Å². The zero-order valence-corrected chi connectivity index (χ0v) is 7.69. The summed E-state index contributed by atoms with van der Waals surface area (Å²) in [4.78, 5) is 21.3. The number of hydrogen-bond donors (Lipinski definition) is 2. The predicted octanol–water partition coefficient (Wildman–Crippen LogP) is 0.164. The fourth-order valence-electron chi connectivity index (χ4n) is 0.756. The van der Waals surface area contributed by atoms with E-state index in [0.717, 1.165) is 0 Å². The average molecular weight is 190 g/mol. The summed E-state index contributed by atoms with van der Waals surface area (Å²) in [5.74, 6) is -1.86. The lowest BCUT2D eigenvalue weighted by Crippen LogP contribution is -2.27. The van der Waals surface area contributed by atoms with Crippen molar-refractivity contribution in [3.63, 3.8) is 0 Å². The number of carboxylic acids is 1. The van der Waals surface area contributed by atoms with Crippen LogP contribution >= 0.6 is 0 Å². The third-order valence-corrected chi connectivity index (χ3v) is 1.38. The Kier molecular flexibility index (Phi) is 5.06. The molecule has 0 aromatic rings. The molecule has 0 aliphatic heterocycles. The van der Waals surface area contributed by atoms with Gasteiger partial charge in [0.25, 0.3) is 0 Å². The maximum absolute atomic E-state index is 10.9. The first-order chi connectivity index (χ1) is 5.97. The van der Waals surface area contributed by atoms with Gasteiger partial charge in [-0.1, -0.05) is 6.92 Å². The molecule has 0 amide bonds. The Morgan fingerprint density at radius 2 is 2.00 bits per heavy atom. The molecule has 0 fully saturated rings. The van der Waals surface area contributed by atoms with E-state index in [9.17, 15) is 9.59 Å². The van der Waals surface area contributed by atoms with Crippen molar-refractivity contribution in [2.24, 2.45) is 0 Å². The molecule has 0 heterocycles. The van der Waals surface area contributed by atoms with E-state index in [1.807, 2.05) is 0 Å². The van der Waals surface area contributed by atoms with Gasteiger partial charge in [0.05, 0.1) is 12.5 Å². The number of carbonyl (C=O) groups is 2. The topological polar surface area (TPSA) is 83.8 Å². The van der Waals surface area contributed by atoms with Crippen molar-refractivity contribution in [3.8, 4) is 0 Å². The molecule has 5 nitrogen and oxygen atoms in total. The summed E-state index contributed by atoms with van der Waals surface area (Å²) in [5.41, 5.74) is 0. The normalized spacial score (nSPS) is 14.7. The van der Waals surface area contributed by atoms with Crippen LogP contribution in [0.2, 0.25) is 0 Å². The molecule has 0 saturated carbocycles. The highest BCUT2D eigenvalue weighted by molar-refractivity contribution is 5.78. The molecule has 76 valence electrons. The summed E-state index contributed by atoms with van der Waals surface area (Å²) in [7, 11) is 0. The number of aliphatic hydroxyl groups is 1. The Balaban J connectivity index is 3.94. The van der Waals surface area contributed by atoms with Crippen molar-refractivity contribution in [2.45, 2.75) is 38.9 Å². The fourth-order valence-corrected chi connectivity index (χ4v) is 0.756. The van der Waals surface area contributed by atoms with Gasteiger partial charge in [-0.05, 0) is 13.3 Å². The van der Waals surface area contributed by atoms with Crippen LogP contribution in [0.5, 0.6) is 0 Å². The lowest BCUT2D eigenvalue weighted by atomic mass is 10.2. The van der Waals surface area contributed by atoms with E-state index in [0.29, 0.717) is 0 Å². The van der Waals surface area contributed by atoms with E-state index in [2.05, 4.69) is 4.74 Å². The van der Waals surface area contributed by atoms with Gasteiger partial charge in [-0.15, -0.1) is 0 Å². The number of aliphatic hydroxyl groups excluding tert-OH is 1. The van der Waals surface area contributed by atoms with Gasteiger partial charge in [0, 0.05) is 0 Å². The standard InChI is InChI=1S/C8H14O5/c1-3-6(8(11)12)13-7(10)4-5(2)9/h5-6,9H,3-4H2,1-2H3,(H,11,12). The first-order valence-electron chi connectivity index (χ1n) is 4.07. The number of ether oxygens (including phenoxy) is 1.